The van der Waals surface area contributed by atoms with E-state index >= 15 is 0 Å². The van der Waals surface area contributed by atoms with Crippen molar-refractivity contribution in [2.45, 2.75) is 58.5 Å². The van der Waals surface area contributed by atoms with Crippen molar-refractivity contribution in [1.82, 2.24) is 15.6 Å². The largest absolute Gasteiger partial charge is 0.388 e. The number of rotatable bonds is 9. The Labute approximate surface area is 210 Å². The number of hydrogen-bond donors (Lipinski definition) is 3. The van der Waals surface area contributed by atoms with Gasteiger partial charge in [0.05, 0.1) is 5.41 Å². The summed E-state index contributed by atoms with van der Waals surface area (Å²) in [7, 11) is 0. The lowest BCUT2D eigenvalue weighted by Gasteiger charge is -2.23. The Hall–Kier alpha value is -3.55. The minimum atomic E-state index is -0.432. The van der Waals surface area contributed by atoms with Gasteiger partial charge in [-0.25, -0.2) is 9.37 Å². The Kier molecular flexibility index (Phi) is 6.36. The van der Waals surface area contributed by atoms with Gasteiger partial charge < -0.3 is 20.9 Å². The Balaban J connectivity index is 1.29. The first kappa shape index (κ1) is 24.2. The second-order valence-corrected chi connectivity index (χ2v) is 10.5. The highest BCUT2D eigenvalue weighted by molar-refractivity contribution is 6.08. The van der Waals surface area contributed by atoms with Crippen LogP contribution in [0.25, 0.3) is 5.57 Å². The van der Waals surface area contributed by atoms with Gasteiger partial charge in [0.1, 0.15) is 11.5 Å². The van der Waals surface area contributed by atoms with Gasteiger partial charge in [-0.05, 0) is 86.4 Å². The fourth-order valence-electron chi connectivity index (χ4n) is 4.99. The molecule has 1 aromatic carbocycles. The van der Waals surface area contributed by atoms with Crippen molar-refractivity contribution >= 4 is 29.3 Å². The summed E-state index contributed by atoms with van der Waals surface area (Å²) in [4.78, 5) is 32.3. The number of anilines is 1. The molecule has 188 valence electrons. The Morgan fingerprint density at radius 3 is 2.69 bits per heavy atom. The maximum atomic E-state index is 14.3. The summed E-state index contributed by atoms with van der Waals surface area (Å²) in [5.41, 5.74) is 2.99. The number of nitrogens with one attached hydrogen (secondary N) is 3. The normalized spacial score (nSPS) is 22.0. The Bertz CT molecular complexity index is 1250. The van der Waals surface area contributed by atoms with Crippen molar-refractivity contribution in [3.63, 3.8) is 0 Å². The van der Waals surface area contributed by atoms with Gasteiger partial charge in [0.2, 0.25) is 5.91 Å². The molecular weight excluding hydrogens is 457 g/mol. The first-order chi connectivity index (χ1) is 17.3. The topological polar surface area (TPSA) is 98.2 Å². The van der Waals surface area contributed by atoms with Crippen molar-refractivity contribution in [2.24, 2.45) is 11.3 Å². The highest BCUT2D eigenvalue weighted by atomic mass is 19.1. The molecule has 7 nitrogen and oxygen atoms in total. The quantitative estimate of drug-likeness (QED) is 0.456. The number of nitrogens with zero attached hydrogens (tertiary/aromatic N) is 2. The number of benzene rings is 1. The number of halogens is 1. The molecule has 1 atom stereocenters. The van der Waals surface area contributed by atoms with Crippen LogP contribution in [0.3, 0.4) is 0 Å². The van der Waals surface area contributed by atoms with Crippen LogP contribution in [0.2, 0.25) is 0 Å². The predicted molar refractivity (Wildman–Crippen MR) is 137 cm³/mol. The van der Waals surface area contributed by atoms with Crippen LogP contribution < -0.4 is 15.5 Å². The van der Waals surface area contributed by atoms with E-state index in [9.17, 15) is 14.0 Å². The summed E-state index contributed by atoms with van der Waals surface area (Å²) < 4.78 is 14.3. The molecule has 1 aliphatic heterocycles. The molecule has 1 saturated heterocycles. The second-order valence-electron chi connectivity index (χ2n) is 10.5. The van der Waals surface area contributed by atoms with Crippen molar-refractivity contribution in [1.29, 1.82) is 5.41 Å². The van der Waals surface area contributed by atoms with E-state index in [-0.39, 0.29) is 29.5 Å². The molecule has 1 aromatic heterocycles. The van der Waals surface area contributed by atoms with Crippen LogP contribution in [0.4, 0.5) is 10.1 Å². The smallest absolute Gasteiger partial charge is 0.270 e. The summed E-state index contributed by atoms with van der Waals surface area (Å²) in [6, 6.07) is 8.45. The minimum absolute atomic E-state index is 0.109. The molecule has 3 fully saturated rings. The number of aryl methyl sites for hydroxylation is 1. The molecule has 0 unspecified atom stereocenters. The first-order valence-corrected chi connectivity index (χ1v) is 12.6. The van der Waals surface area contributed by atoms with Crippen molar-refractivity contribution in [3.05, 3.63) is 64.9 Å². The third-order valence-corrected chi connectivity index (χ3v) is 7.50. The van der Waals surface area contributed by atoms with Gasteiger partial charge in [0, 0.05) is 48.5 Å². The summed E-state index contributed by atoms with van der Waals surface area (Å²) in [6.45, 7) is 4.61. The van der Waals surface area contributed by atoms with Crippen molar-refractivity contribution < 1.29 is 14.0 Å². The maximum absolute atomic E-state index is 14.3. The predicted octanol–water partition coefficient (Wildman–Crippen LogP) is 4.35. The van der Waals surface area contributed by atoms with Gasteiger partial charge in [0.25, 0.3) is 5.91 Å². The number of aromatic nitrogens is 1. The summed E-state index contributed by atoms with van der Waals surface area (Å²) >= 11 is 0. The van der Waals surface area contributed by atoms with E-state index in [0.29, 0.717) is 46.6 Å². The molecule has 2 saturated carbocycles. The Morgan fingerprint density at radius 2 is 2.00 bits per heavy atom. The summed E-state index contributed by atoms with van der Waals surface area (Å²) in [5, 5.41) is 13.8. The second kappa shape index (κ2) is 9.48. The molecule has 2 aromatic rings. The molecule has 2 heterocycles. The van der Waals surface area contributed by atoms with Gasteiger partial charge in [-0.3, -0.25) is 9.59 Å². The van der Waals surface area contributed by atoms with Crippen LogP contribution in [0.5, 0.6) is 0 Å². The van der Waals surface area contributed by atoms with E-state index in [1.54, 1.807) is 30.2 Å². The van der Waals surface area contributed by atoms with E-state index < -0.39 is 5.82 Å². The van der Waals surface area contributed by atoms with E-state index in [1.807, 2.05) is 6.07 Å². The molecule has 36 heavy (non-hydrogen) atoms. The Morgan fingerprint density at radius 1 is 1.22 bits per heavy atom. The van der Waals surface area contributed by atoms with E-state index in [4.69, 9.17) is 5.41 Å². The molecule has 5 rings (SSSR count). The summed E-state index contributed by atoms with van der Waals surface area (Å²) in [6.07, 6.45) is 8.17. The standard InChI is InChI=1S/C28H32FN5O2/c1-17-9-24(34-8-7-28(2,27(34)36)21-3-4-21)13-25(33-17)26(35)32-15-18-10-19(12-22(29)11-18)20(14-30)16-31-23-5-6-23/h9-14,16,21,23,30-31H,3-8,15H2,1-2H3,(H,32,35)/b20-16+,30-14?/t28-/m0/s1. The lowest BCUT2D eigenvalue weighted by Crippen LogP contribution is -2.34. The van der Waals surface area contributed by atoms with Gasteiger partial charge >= 0.3 is 0 Å². The lowest BCUT2D eigenvalue weighted by molar-refractivity contribution is -0.125. The van der Waals surface area contributed by atoms with Crippen LogP contribution in [-0.4, -0.2) is 35.6 Å². The minimum Gasteiger partial charge on any atom is -0.388 e. The SMILES string of the molecule is Cc1cc(N2CC[C@@](C)(C3CC3)C2=O)cc(C(=O)NCc2cc(F)cc(/C(C=N)=C/NC3CC3)c2)n1. The molecule has 0 spiro atoms. The molecule has 2 amide bonds. The number of amides is 2. The molecule has 3 aliphatic rings. The van der Waals surface area contributed by atoms with Crippen LogP contribution in [0, 0.1) is 29.5 Å². The molecule has 0 bridgehead atoms. The maximum Gasteiger partial charge on any atom is 0.270 e. The van der Waals surface area contributed by atoms with Crippen molar-refractivity contribution in [2.75, 3.05) is 11.4 Å². The third kappa shape index (κ3) is 5.03. The molecule has 3 N–H and O–H groups in total. The number of pyridine rings is 1. The molecule has 2 aliphatic carbocycles. The zero-order valence-electron chi connectivity index (χ0n) is 20.7. The van der Waals surface area contributed by atoms with Gasteiger partial charge in [0.15, 0.2) is 0 Å². The van der Waals surface area contributed by atoms with E-state index in [2.05, 4.69) is 22.5 Å². The van der Waals surface area contributed by atoms with Gasteiger partial charge in [-0.15, -0.1) is 0 Å². The van der Waals surface area contributed by atoms with E-state index in [0.717, 1.165) is 32.1 Å². The first-order valence-electron chi connectivity index (χ1n) is 12.6. The monoisotopic (exact) mass is 489 g/mol. The fraction of sp³-hybridized carbons (Fsp3) is 0.429. The zero-order chi connectivity index (χ0) is 25.4. The number of allylic oxidation sites excluding steroid dienone is 1. The van der Waals surface area contributed by atoms with Gasteiger partial charge in [-0.2, -0.15) is 0 Å². The highest BCUT2D eigenvalue weighted by Crippen LogP contribution is 2.51. The van der Waals surface area contributed by atoms with Crippen LogP contribution in [0.1, 0.15) is 66.3 Å². The van der Waals surface area contributed by atoms with Gasteiger partial charge in [-0.1, -0.05) is 6.92 Å². The van der Waals surface area contributed by atoms with Crippen LogP contribution >= 0.6 is 0 Å². The van der Waals surface area contributed by atoms with Crippen molar-refractivity contribution in [3.8, 4) is 0 Å². The summed E-state index contributed by atoms with van der Waals surface area (Å²) in [5.74, 6) is -0.233. The number of carbonyl (C=O) groups is 2. The molecular formula is C28H32FN5O2. The lowest BCUT2D eigenvalue weighted by atomic mass is 9.83. The number of carbonyl (C=O) groups excluding carboxylic acids is 2. The highest BCUT2D eigenvalue weighted by Gasteiger charge is 2.52. The van der Waals surface area contributed by atoms with Crippen LogP contribution in [0.15, 0.2) is 36.5 Å². The molecule has 8 heteroatoms. The average molecular weight is 490 g/mol. The fourth-order valence-corrected chi connectivity index (χ4v) is 4.99. The van der Waals surface area contributed by atoms with Crippen LogP contribution in [-0.2, 0) is 11.3 Å². The average Bonchev–Trinajstić information content (AvgIpc) is 3.77. The third-order valence-electron chi connectivity index (χ3n) is 7.50. The van der Waals surface area contributed by atoms with E-state index in [1.165, 1.54) is 18.3 Å². The number of hydrogen-bond acceptors (Lipinski definition) is 5. The molecule has 0 radical (unpaired) electrons. The zero-order valence-corrected chi connectivity index (χ0v) is 20.7.